The fraction of sp³-hybridized carbons (Fsp3) is 0.600. The molecular weight excluding hydrogens is 240 g/mol. The van der Waals surface area contributed by atoms with Crippen molar-refractivity contribution < 1.29 is 14.8 Å². The van der Waals surface area contributed by atoms with Crippen LogP contribution in [0.4, 0.5) is 11.5 Å². The van der Waals surface area contributed by atoms with E-state index in [1.807, 2.05) is 6.92 Å². The van der Waals surface area contributed by atoms with Crippen molar-refractivity contribution in [1.82, 2.24) is 9.97 Å². The molecule has 2 atom stereocenters. The molecule has 100 valence electrons. The minimum absolute atomic E-state index is 0.0236. The van der Waals surface area contributed by atoms with Crippen LogP contribution in [0.3, 0.4) is 0 Å². The molecular formula is C10H16N4O4. The molecule has 0 aromatic carbocycles. The van der Waals surface area contributed by atoms with Crippen LogP contribution in [0.15, 0.2) is 6.33 Å². The molecule has 0 aliphatic heterocycles. The lowest BCUT2D eigenvalue weighted by Gasteiger charge is -2.19. The second-order valence-corrected chi connectivity index (χ2v) is 3.93. The van der Waals surface area contributed by atoms with Crippen molar-refractivity contribution in [2.75, 3.05) is 19.0 Å². The summed E-state index contributed by atoms with van der Waals surface area (Å²) in [7, 11) is 1.30. The van der Waals surface area contributed by atoms with Crippen LogP contribution in [-0.2, 0) is 0 Å². The highest BCUT2D eigenvalue weighted by molar-refractivity contribution is 5.61. The van der Waals surface area contributed by atoms with Gasteiger partial charge in [0.25, 0.3) is 5.88 Å². The first kappa shape index (κ1) is 14.1. The summed E-state index contributed by atoms with van der Waals surface area (Å²) in [6.45, 7) is 3.60. The Labute approximate surface area is 104 Å². The number of aliphatic hydroxyl groups excluding tert-OH is 1. The van der Waals surface area contributed by atoms with E-state index in [-0.39, 0.29) is 36.0 Å². The fourth-order valence-electron chi connectivity index (χ4n) is 1.30. The largest absolute Gasteiger partial charge is 0.476 e. The number of methoxy groups -OCH3 is 1. The van der Waals surface area contributed by atoms with Gasteiger partial charge in [0.05, 0.1) is 12.0 Å². The molecule has 0 amide bonds. The first-order valence-corrected chi connectivity index (χ1v) is 5.42. The van der Waals surface area contributed by atoms with E-state index >= 15 is 0 Å². The Kier molecular flexibility index (Phi) is 4.78. The van der Waals surface area contributed by atoms with Gasteiger partial charge in [-0.05, 0) is 12.8 Å². The van der Waals surface area contributed by atoms with Gasteiger partial charge in [0.1, 0.15) is 6.33 Å². The Morgan fingerprint density at radius 3 is 2.72 bits per heavy atom. The molecule has 1 heterocycles. The molecule has 18 heavy (non-hydrogen) atoms. The van der Waals surface area contributed by atoms with Crippen molar-refractivity contribution in [3.63, 3.8) is 0 Å². The predicted octanol–water partition coefficient (Wildman–Crippen LogP) is 0.822. The second-order valence-electron chi connectivity index (χ2n) is 3.93. The molecule has 8 nitrogen and oxygen atoms in total. The maximum Gasteiger partial charge on any atom is 0.372 e. The summed E-state index contributed by atoms with van der Waals surface area (Å²) in [5.41, 5.74) is -0.308. The second kappa shape index (κ2) is 6.10. The monoisotopic (exact) mass is 256 g/mol. The van der Waals surface area contributed by atoms with E-state index in [0.717, 1.165) is 0 Å². The third-order valence-corrected chi connectivity index (χ3v) is 2.67. The lowest BCUT2D eigenvalue weighted by atomic mass is 10.1. The van der Waals surface area contributed by atoms with Crippen molar-refractivity contribution in [3.05, 3.63) is 16.4 Å². The van der Waals surface area contributed by atoms with Crippen molar-refractivity contribution in [1.29, 1.82) is 0 Å². The minimum Gasteiger partial charge on any atom is -0.476 e. The van der Waals surface area contributed by atoms with E-state index < -0.39 is 4.92 Å². The number of hydrogen-bond donors (Lipinski definition) is 2. The summed E-state index contributed by atoms with van der Waals surface area (Å²) in [4.78, 5) is 17.9. The third-order valence-electron chi connectivity index (χ3n) is 2.67. The predicted molar refractivity (Wildman–Crippen MR) is 64.6 cm³/mol. The van der Waals surface area contributed by atoms with E-state index in [2.05, 4.69) is 15.3 Å². The van der Waals surface area contributed by atoms with Crippen LogP contribution in [0.5, 0.6) is 5.88 Å². The lowest BCUT2D eigenvalue weighted by Crippen LogP contribution is -2.27. The average molecular weight is 256 g/mol. The maximum absolute atomic E-state index is 11.0. The number of nitrogens with zero attached hydrogens (tertiary/aromatic N) is 3. The number of ether oxygens (including phenoxy) is 1. The quantitative estimate of drug-likeness (QED) is 0.572. The molecule has 2 N–H and O–H groups in total. The van der Waals surface area contributed by atoms with E-state index in [0.29, 0.717) is 0 Å². The normalized spacial score (nSPS) is 13.8. The Morgan fingerprint density at radius 2 is 2.22 bits per heavy atom. The van der Waals surface area contributed by atoms with Crippen molar-refractivity contribution >= 4 is 11.5 Å². The lowest BCUT2D eigenvalue weighted by molar-refractivity contribution is -0.385. The summed E-state index contributed by atoms with van der Waals surface area (Å²) < 4.78 is 4.83. The number of rotatable bonds is 6. The van der Waals surface area contributed by atoms with E-state index in [1.165, 1.54) is 13.4 Å². The minimum atomic E-state index is -0.600. The van der Waals surface area contributed by atoms with Crippen molar-refractivity contribution in [2.45, 2.75) is 19.9 Å². The summed E-state index contributed by atoms with van der Waals surface area (Å²) in [6.07, 6.45) is 1.19. The zero-order valence-corrected chi connectivity index (χ0v) is 10.5. The molecule has 8 heteroatoms. The van der Waals surface area contributed by atoms with Crippen LogP contribution < -0.4 is 10.1 Å². The van der Waals surface area contributed by atoms with Gasteiger partial charge in [-0.25, -0.2) is 4.98 Å². The molecule has 1 aromatic heterocycles. The highest BCUT2D eigenvalue weighted by atomic mass is 16.6. The van der Waals surface area contributed by atoms with E-state index in [1.54, 1.807) is 6.92 Å². The summed E-state index contributed by atoms with van der Waals surface area (Å²) in [5, 5.41) is 22.9. The fourth-order valence-corrected chi connectivity index (χ4v) is 1.30. The molecule has 0 saturated heterocycles. The number of aliphatic hydroxyl groups is 1. The van der Waals surface area contributed by atoms with E-state index in [4.69, 9.17) is 9.84 Å². The number of nitrogens with one attached hydrogen (secondary N) is 1. The van der Waals surface area contributed by atoms with Gasteiger partial charge in [0.15, 0.2) is 0 Å². The van der Waals surface area contributed by atoms with Crippen LogP contribution in [0.2, 0.25) is 0 Å². The standard InChI is InChI=1S/C10H16N4O4/c1-6(4-15)7(2)13-9-8(14(16)17)10(18-3)12-5-11-9/h5-7,15H,4H2,1-3H3,(H,11,12,13). The number of aromatic nitrogens is 2. The zero-order valence-electron chi connectivity index (χ0n) is 10.5. The Morgan fingerprint density at radius 1 is 1.56 bits per heavy atom. The van der Waals surface area contributed by atoms with Gasteiger partial charge in [0.2, 0.25) is 5.82 Å². The summed E-state index contributed by atoms with van der Waals surface area (Å²) in [5.74, 6) is -0.0773. The van der Waals surface area contributed by atoms with Gasteiger partial charge in [-0.15, -0.1) is 0 Å². The van der Waals surface area contributed by atoms with Crippen molar-refractivity contribution in [2.24, 2.45) is 5.92 Å². The Hall–Kier alpha value is -1.96. The van der Waals surface area contributed by atoms with Gasteiger partial charge in [-0.3, -0.25) is 10.1 Å². The summed E-state index contributed by atoms with van der Waals surface area (Å²) >= 11 is 0. The first-order valence-electron chi connectivity index (χ1n) is 5.42. The topological polar surface area (TPSA) is 110 Å². The van der Waals surface area contributed by atoms with E-state index in [9.17, 15) is 10.1 Å². The molecule has 0 bridgehead atoms. The molecule has 1 rings (SSSR count). The maximum atomic E-state index is 11.0. The average Bonchev–Trinajstić information content (AvgIpc) is 2.36. The van der Waals surface area contributed by atoms with Crippen LogP contribution in [-0.4, -0.2) is 39.8 Å². The SMILES string of the molecule is COc1ncnc(NC(C)C(C)CO)c1[N+](=O)[O-]. The molecule has 0 aliphatic carbocycles. The number of hydrogen-bond acceptors (Lipinski definition) is 7. The van der Waals surface area contributed by atoms with Gasteiger partial charge in [0, 0.05) is 12.6 Å². The van der Waals surface area contributed by atoms with Gasteiger partial charge in [-0.1, -0.05) is 6.92 Å². The highest BCUT2D eigenvalue weighted by Gasteiger charge is 2.25. The molecule has 0 spiro atoms. The highest BCUT2D eigenvalue weighted by Crippen LogP contribution is 2.31. The van der Waals surface area contributed by atoms with Crippen LogP contribution in [0.25, 0.3) is 0 Å². The number of nitro groups is 1. The van der Waals surface area contributed by atoms with Gasteiger partial charge >= 0.3 is 5.69 Å². The van der Waals surface area contributed by atoms with Crippen molar-refractivity contribution in [3.8, 4) is 5.88 Å². The van der Waals surface area contributed by atoms with Gasteiger partial charge < -0.3 is 15.2 Å². The molecule has 0 fully saturated rings. The van der Waals surface area contributed by atoms with Crippen LogP contribution in [0, 0.1) is 16.0 Å². The molecule has 0 saturated carbocycles. The third kappa shape index (κ3) is 3.04. The Bertz CT molecular complexity index is 426. The molecule has 1 aromatic rings. The van der Waals surface area contributed by atoms with Crippen LogP contribution >= 0.6 is 0 Å². The first-order chi connectivity index (χ1) is 8.51. The molecule has 0 radical (unpaired) electrons. The number of anilines is 1. The molecule has 2 unspecified atom stereocenters. The molecule has 0 aliphatic rings. The Balaban J connectivity index is 3.05. The van der Waals surface area contributed by atoms with Gasteiger partial charge in [-0.2, -0.15) is 4.98 Å². The van der Waals surface area contributed by atoms with Crippen LogP contribution in [0.1, 0.15) is 13.8 Å². The smallest absolute Gasteiger partial charge is 0.372 e. The zero-order chi connectivity index (χ0) is 13.7. The summed E-state index contributed by atoms with van der Waals surface area (Å²) in [6, 6.07) is -0.173.